The van der Waals surface area contributed by atoms with Crippen LogP contribution in [0.3, 0.4) is 0 Å². The highest BCUT2D eigenvalue weighted by atomic mass is 32.2. The van der Waals surface area contributed by atoms with Crippen LogP contribution in [0.25, 0.3) is 0 Å². The van der Waals surface area contributed by atoms with Crippen LogP contribution in [0.5, 0.6) is 0 Å². The van der Waals surface area contributed by atoms with E-state index in [1.165, 1.54) is 11.3 Å². The van der Waals surface area contributed by atoms with E-state index in [1.54, 1.807) is 12.1 Å². The molecule has 6 heteroatoms. The van der Waals surface area contributed by atoms with Gasteiger partial charge in [0.2, 0.25) is 0 Å². The summed E-state index contributed by atoms with van der Waals surface area (Å²) in [4.78, 5) is 0. The Morgan fingerprint density at radius 1 is 1.25 bits per heavy atom. The van der Waals surface area contributed by atoms with Crippen LogP contribution < -0.4 is 10.0 Å². The molecule has 0 atom stereocenters. The van der Waals surface area contributed by atoms with E-state index < -0.39 is 10.0 Å². The summed E-state index contributed by atoms with van der Waals surface area (Å²) in [5, 5.41) is 5.05. The van der Waals surface area contributed by atoms with Gasteiger partial charge < -0.3 is 5.32 Å². The maximum atomic E-state index is 12.3. The minimum atomic E-state index is -3.50. The average Bonchev–Trinajstić information content (AvgIpc) is 2.88. The fraction of sp³-hybridized carbons (Fsp3) is 0.286. The van der Waals surface area contributed by atoms with Crippen molar-refractivity contribution in [1.82, 2.24) is 5.32 Å². The summed E-state index contributed by atoms with van der Waals surface area (Å²) in [6.07, 6.45) is 0. The van der Waals surface area contributed by atoms with Gasteiger partial charge in [0.15, 0.2) is 0 Å². The highest BCUT2D eigenvalue weighted by molar-refractivity contribution is 7.94. The Labute approximate surface area is 123 Å². The van der Waals surface area contributed by atoms with Crippen molar-refractivity contribution in [3.05, 3.63) is 46.8 Å². The van der Waals surface area contributed by atoms with Gasteiger partial charge in [0.1, 0.15) is 4.21 Å². The van der Waals surface area contributed by atoms with Gasteiger partial charge in [-0.25, -0.2) is 8.42 Å². The molecule has 2 aromatic rings. The molecule has 0 amide bonds. The molecule has 4 nitrogen and oxygen atoms in total. The zero-order valence-electron chi connectivity index (χ0n) is 11.5. The van der Waals surface area contributed by atoms with E-state index in [0.29, 0.717) is 16.4 Å². The predicted octanol–water partition coefficient (Wildman–Crippen LogP) is 2.97. The Morgan fingerprint density at radius 2 is 2.00 bits per heavy atom. The summed E-state index contributed by atoms with van der Waals surface area (Å²) < 4.78 is 27.6. The van der Waals surface area contributed by atoms with Gasteiger partial charge >= 0.3 is 0 Å². The molecule has 0 saturated carbocycles. The monoisotopic (exact) mass is 310 g/mol. The number of aryl methyl sites for hydroxylation is 1. The van der Waals surface area contributed by atoms with Crippen molar-refractivity contribution in [2.24, 2.45) is 0 Å². The lowest BCUT2D eigenvalue weighted by Gasteiger charge is -2.08. The standard InChI is InChI=1S/C14H18N2O2S2/c1-3-15-9-12-8-14(19-10-12)20(17,18)16-13-7-5-4-6-11(13)2/h4-8,10,15-16H,3,9H2,1-2H3. The second-order valence-electron chi connectivity index (χ2n) is 4.47. The van der Waals surface area contributed by atoms with Gasteiger partial charge in [-0.05, 0) is 42.1 Å². The van der Waals surface area contributed by atoms with Gasteiger partial charge in [-0.3, -0.25) is 4.72 Å². The third-order valence-corrected chi connectivity index (χ3v) is 5.72. The summed E-state index contributed by atoms with van der Waals surface area (Å²) in [6.45, 7) is 5.44. The van der Waals surface area contributed by atoms with Gasteiger partial charge in [0, 0.05) is 6.54 Å². The van der Waals surface area contributed by atoms with Crippen molar-refractivity contribution in [2.45, 2.75) is 24.6 Å². The molecule has 2 rings (SSSR count). The highest BCUT2D eigenvalue weighted by Crippen LogP contribution is 2.24. The lowest BCUT2D eigenvalue weighted by atomic mass is 10.2. The number of hydrogen-bond acceptors (Lipinski definition) is 4. The first-order valence-corrected chi connectivity index (χ1v) is 8.76. The van der Waals surface area contributed by atoms with Crippen LogP contribution in [0, 0.1) is 6.92 Å². The van der Waals surface area contributed by atoms with Gasteiger partial charge in [-0.1, -0.05) is 25.1 Å². The fourth-order valence-corrected chi connectivity index (χ4v) is 4.08. The molecule has 1 heterocycles. The van der Waals surface area contributed by atoms with Crippen LogP contribution in [0.4, 0.5) is 5.69 Å². The van der Waals surface area contributed by atoms with Crippen LogP contribution in [-0.4, -0.2) is 15.0 Å². The van der Waals surface area contributed by atoms with Crippen LogP contribution in [0.1, 0.15) is 18.1 Å². The lowest BCUT2D eigenvalue weighted by Crippen LogP contribution is -2.13. The first-order valence-electron chi connectivity index (χ1n) is 6.39. The molecule has 0 fully saturated rings. The SMILES string of the molecule is CCNCc1csc(S(=O)(=O)Nc2ccccc2C)c1. The normalized spacial score (nSPS) is 11.5. The van der Waals surface area contributed by atoms with Gasteiger partial charge in [-0.15, -0.1) is 11.3 Å². The van der Waals surface area contributed by atoms with Gasteiger partial charge in [0.25, 0.3) is 10.0 Å². The van der Waals surface area contributed by atoms with Gasteiger partial charge in [0.05, 0.1) is 5.69 Å². The number of hydrogen-bond donors (Lipinski definition) is 2. The van der Waals surface area contributed by atoms with Crippen molar-refractivity contribution in [3.63, 3.8) is 0 Å². The molecular formula is C14H18N2O2S2. The Morgan fingerprint density at radius 3 is 2.70 bits per heavy atom. The average molecular weight is 310 g/mol. The summed E-state index contributed by atoms with van der Waals surface area (Å²) >= 11 is 1.24. The Kier molecular flexibility index (Phi) is 4.80. The fourth-order valence-electron chi connectivity index (χ4n) is 1.74. The second kappa shape index (κ2) is 6.39. The van der Waals surface area contributed by atoms with Crippen molar-refractivity contribution in [2.75, 3.05) is 11.3 Å². The molecule has 0 aliphatic rings. The van der Waals surface area contributed by atoms with Crippen LogP contribution in [0.2, 0.25) is 0 Å². The Balaban J connectivity index is 2.18. The zero-order chi connectivity index (χ0) is 14.6. The summed E-state index contributed by atoms with van der Waals surface area (Å²) in [5.74, 6) is 0. The molecule has 1 aromatic carbocycles. The molecule has 0 saturated heterocycles. The molecule has 2 N–H and O–H groups in total. The maximum Gasteiger partial charge on any atom is 0.271 e. The smallest absolute Gasteiger partial charge is 0.271 e. The molecule has 1 aromatic heterocycles. The number of para-hydroxylation sites is 1. The first kappa shape index (κ1) is 15.0. The van der Waals surface area contributed by atoms with E-state index in [1.807, 2.05) is 37.4 Å². The van der Waals surface area contributed by atoms with Gasteiger partial charge in [-0.2, -0.15) is 0 Å². The summed E-state index contributed by atoms with van der Waals surface area (Å²) in [6, 6.07) is 9.06. The molecule has 108 valence electrons. The number of anilines is 1. The summed E-state index contributed by atoms with van der Waals surface area (Å²) in [5.41, 5.74) is 2.51. The quantitative estimate of drug-likeness (QED) is 0.862. The summed E-state index contributed by atoms with van der Waals surface area (Å²) in [7, 11) is -3.50. The van der Waals surface area contributed by atoms with Crippen LogP contribution in [-0.2, 0) is 16.6 Å². The van der Waals surface area contributed by atoms with Crippen molar-refractivity contribution >= 4 is 27.0 Å². The Hall–Kier alpha value is -1.37. The van der Waals surface area contributed by atoms with Crippen LogP contribution >= 0.6 is 11.3 Å². The molecular weight excluding hydrogens is 292 g/mol. The molecule has 0 bridgehead atoms. The predicted molar refractivity (Wildman–Crippen MR) is 83.7 cm³/mol. The zero-order valence-corrected chi connectivity index (χ0v) is 13.1. The number of benzene rings is 1. The van der Waals surface area contributed by atoms with E-state index in [0.717, 1.165) is 17.7 Å². The van der Waals surface area contributed by atoms with E-state index in [2.05, 4.69) is 10.0 Å². The number of sulfonamides is 1. The number of nitrogens with one attached hydrogen (secondary N) is 2. The molecule has 0 spiro atoms. The number of thiophene rings is 1. The van der Waals surface area contributed by atoms with E-state index in [4.69, 9.17) is 0 Å². The minimum Gasteiger partial charge on any atom is -0.313 e. The molecule has 0 unspecified atom stereocenters. The second-order valence-corrected chi connectivity index (χ2v) is 7.30. The molecule has 0 aliphatic carbocycles. The Bertz CT molecular complexity index is 678. The lowest BCUT2D eigenvalue weighted by molar-refractivity contribution is 0.603. The first-order chi connectivity index (χ1) is 9.53. The van der Waals surface area contributed by atoms with Crippen molar-refractivity contribution in [3.8, 4) is 0 Å². The third-order valence-electron chi connectivity index (χ3n) is 2.86. The topological polar surface area (TPSA) is 58.2 Å². The van der Waals surface area contributed by atoms with E-state index >= 15 is 0 Å². The number of rotatable bonds is 6. The van der Waals surface area contributed by atoms with Crippen LogP contribution in [0.15, 0.2) is 39.9 Å². The third kappa shape index (κ3) is 3.59. The maximum absolute atomic E-state index is 12.3. The van der Waals surface area contributed by atoms with Crippen molar-refractivity contribution < 1.29 is 8.42 Å². The largest absolute Gasteiger partial charge is 0.313 e. The minimum absolute atomic E-state index is 0.341. The molecule has 0 aliphatic heterocycles. The molecule has 20 heavy (non-hydrogen) atoms. The van der Waals surface area contributed by atoms with Crippen molar-refractivity contribution in [1.29, 1.82) is 0 Å². The molecule has 0 radical (unpaired) electrons. The van der Waals surface area contributed by atoms with E-state index in [9.17, 15) is 8.42 Å². The van der Waals surface area contributed by atoms with E-state index in [-0.39, 0.29) is 0 Å². The highest BCUT2D eigenvalue weighted by Gasteiger charge is 2.17.